The number of para-hydroxylation sites is 1. The lowest BCUT2D eigenvalue weighted by Gasteiger charge is -2.16. The molecule has 51 heavy (non-hydrogen) atoms. The monoisotopic (exact) mass is 647 g/mol. The van der Waals surface area contributed by atoms with Gasteiger partial charge in [0.05, 0.1) is 22.2 Å². The number of benzene rings is 9. The molecule has 9 aromatic carbocycles. The summed E-state index contributed by atoms with van der Waals surface area (Å²) in [4.78, 5) is 10.7. The minimum absolute atomic E-state index is 0.734. The molecule has 3 nitrogen and oxygen atoms in total. The average Bonchev–Trinajstić information content (AvgIpc) is 3.55. The van der Waals surface area contributed by atoms with Crippen molar-refractivity contribution in [1.29, 1.82) is 0 Å². The Kier molecular flexibility index (Phi) is 5.96. The number of hydrogen-bond donors (Lipinski definition) is 0. The molecule has 0 amide bonds. The van der Waals surface area contributed by atoms with Crippen LogP contribution in [0.15, 0.2) is 176 Å². The molecule has 0 aliphatic rings. The van der Waals surface area contributed by atoms with Crippen molar-refractivity contribution in [2.24, 2.45) is 0 Å². The van der Waals surface area contributed by atoms with Crippen LogP contribution in [-0.4, -0.2) is 14.5 Å². The molecule has 0 aliphatic carbocycles. The van der Waals surface area contributed by atoms with Gasteiger partial charge in [-0.1, -0.05) is 140 Å². The van der Waals surface area contributed by atoms with Crippen LogP contribution in [0.25, 0.3) is 104 Å². The Hall–Kier alpha value is -6.84. The first-order chi connectivity index (χ1) is 25.3. The van der Waals surface area contributed by atoms with Crippen molar-refractivity contribution in [3.05, 3.63) is 176 Å². The van der Waals surface area contributed by atoms with Gasteiger partial charge in [0.2, 0.25) is 0 Å². The Bertz CT molecular complexity index is 3110. The molecule has 0 radical (unpaired) electrons. The van der Waals surface area contributed by atoms with Gasteiger partial charge in [-0.2, -0.15) is 0 Å². The molecule has 0 N–H and O–H groups in total. The number of hydrogen-bond acceptors (Lipinski definition) is 2. The van der Waals surface area contributed by atoms with Crippen LogP contribution in [0, 0.1) is 0 Å². The molecule has 0 aliphatic heterocycles. The fraction of sp³-hybridized carbons (Fsp3) is 0. The van der Waals surface area contributed by atoms with Gasteiger partial charge in [0, 0.05) is 38.4 Å². The smallest absolute Gasteiger partial charge is 0.161 e. The van der Waals surface area contributed by atoms with Crippen molar-refractivity contribution in [1.82, 2.24) is 14.5 Å². The molecule has 2 heterocycles. The van der Waals surface area contributed by atoms with Crippen molar-refractivity contribution in [3.8, 4) is 39.5 Å². The normalized spacial score (nSPS) is 11.9. The highest BCUT2D eigenvalue weighted by Crippen LogP contribution is 2.48. The maximum absolute atomic E-state index is 5.39. The van der Waals surface area contributed by atoms with Crippen LogP contribution in [-0.2, 0) is 0 Å². The van der Waals surface area contributed by atoms with Gasteiger partial charge in [0.25, 0.3) is 0 Å². The largest absolute Gasteiger partial charge is 0.309 e. The summed E-state index contributed by atoms with van der Waals surface area (Å²) in [6.45, 7) is 0. The summed E-state index contributed by atoms with van der Waals surface area (Å²) in [5, 5.41) is 10.9. The minimum Gasteiger partial charge on any atom is -0.309 e. The Morgan fingerprint density at radius 1 is 0.373 bits per heavy atom. The molecule has 11 aromatic rings. The number of rotatable bonds is 4. The van der Waals surface area contributed by atoms with Gasteiger partial charge in [0.1, 0.15) is 0 Å². The Labute approximate surface area is 294 Å². The van der Waals surface area contributed by atoms with Gasteiger partial charge in [-0.3, -0.25) is 0 Å². The van der Waals surface area contributed by atoms with Gasteiger partial charge >= 0.3 is 0 Å². The van der Waals surface area contributed by atoms with Crippen LogP contribution in [0.2, 0.25) is 0 Å². The van der Waals surface area contributed by atoms with Crippen molar-refractivity contribution in [2.45, 2.75) is 0 Å². The molecule has 2 aromatic heterocycles. The Balaban J connectivity index is 1.27. The number of aromatic nitrogens is 3. The second kappa shape index (κ2) is 10.8. The molecule has 0 bridgehead atoms. The second-order valence-corrected chi connectivity index (χ2v) is 13.3. The topological polar surface area (TPSA) is 30.7 Å². The quantitative estimate of drug-likeness (QED) is 0.178. The van der Waals surface area contributed by atoms with Crippen molar-refractivity contribution in [3.63, 3.8) is 0 Å². The van der Waals surface area contributed by atoms with Gasteiger partial charge in [-0.05, 0) is 74.5 Å². The summed E-state index contributed by atoms with van der Waals surface area (Å²) >= 11 is 0. The highest BCUT2D eigenvalue weighted by molar-refractivity contribution is 6.40. The molecule has 0 saturated heterocycles. The van der Waals surface area contributed by atoms with Crippen LogP contribution < -0.4 is 0 Å². The molecular weight excluding hydrogens is 619 g/mol. The molecule has 3 heteroatoms. The summed E-state index contributed by atoms with van der Waals surface area (Å²) in [7, 11) is 0. The maximum Gasteiger partial charge on any atom is 0.161 e. The predicted molar refractivity (Wildman–Crippen MR) is 214 cm³/mol. The van der Waals surface area contributed by atoms with Gasteiger partial charge < -0.3 is 4.57 Å². The van der Waals surface area contributed by atoms with Crippen molar-refractivity contribution >= 4 is 65.0 Å². The first kappa shape index (κ1) is 28.0. The van der Waals surface area contributed by atoms with E-state index in [-0.39, 0.29) is 0 Å². The van der Waals surface area contributed by atoms with Crippen LogP contribution in [0.1, 0.15) is 0 Å². The van der Waals surface area contributed by atoms with E-state index in [0.29, 0.717) is 0 Å². The first-order valence-corrected chi connectivity index (χ1v) is 17.4. The third-order valence-corrected chi connectivity index (χ3v) is 10.5. The molecule has 0 fully saturated rings. The van der Waals surface area contributed by atoms with E-state index >= 15 is 0 Å². The zero-order chi connectivity index (χ0) is 33.5. The van der Waals surface area contributed by atoms with E-state index in [1.54, 1.807) is 0 Å². The fourth-order valence-electron chi connectivity index (χ4n) is 8.33. The first-order valence-electron chi connectivity index (χ1n) is 17.4. The summed E-state index contributed by atoms with van der Waals surface area (Å²) in [6.07, 6.45) is 0. The summed E-state index contributed by atoms with van der Waals surface area (Å²) in [5.41, 5.74) is 9.97. The maximum atomic E-state index is 5.39. The van der Waals surface area contributed by atoms with Crippen LogP contribution in [0.4, 0.5) is 0 Å². The summed E-state index contributed by atoms with van der Waals surface area (Å²) in [6, 6.07) is 63.0. The standard InChI is InChI=1S/C48H29N3/c1-3-13-30(14-4-1)31-25-27-34(28-26-31)51-41-23-11-20-37-43-35-18-8-7-17-33(35)29-39(44(43)38-21-12-24-42(51)46(38)45(37)41)48-49-40-22-10-9-19-36(40)47(50-48)32-15-5-2-6-16-32/h1-29H. The van der Waals surface area contributed by atoms with Gasteiger partial charge in [-0.15, -0.1) is 0 Å². The zero-order valence-electron chi connectivity index (χ0n) is 27.6. The van der Waals surface area contributed by atoms with Crippen LogP contribution in [0.3, 0.4) is 0 Å². The highest BCUT2D eigenvalue weighted by Gasteiger charge is 2.24. The average molecular weight is 648 g/mol. The Morgan fingerprint density at radius 2 is 0.941 bits per heavy atom. The van der Waals surface area contributed by atoms with Gasteiger partial charge in [0.15, 0.2) is 5.82 Å². The predicted octanol–water partition coefficient (Wildman–Crippen LogP) is 12.6. The highest BCUT2D eigenvalue weighted by atomic mass is 15.0. The molecule has 236 valence electrons. The second-order valence-electron chi connectivity index (χ2n) is 13.3. The molecule has 0 spiro atoms. The van der Waals surface area contributed by atoms with Crippen LogP contribution in [0.5, 0.6) is 0 Å². The molecule has 0 unspecified atom stereocenters. The van der Waals surface area contributed by atoms with E-state index < -0.39 is 0 Å². The van der Waals surface area contributed by atoms with E-state index in [2.05, 4.69) is 180 Å². The zero-order valence-corrected chi connectivity index (χ0v) is 27.6. The lowest BCUT2D eigenvalue weighted by Crippen LogP contribution is -1.97. The molecule has 11 rings (SSSR count). The summed E-state index contributed by atoms with van der Waals surface area (Å²) < 4.78 is 2.43. The SMILES string of the molecule is c1ccc(-c2ccc(-n3c4cccc5c6c(-c7nc(-c8ccccc8)c8ccccc8n7)cc7ccccc7c6c6cccc3c6c54)cc2)cc1. The van der Waals surface area contributed by atoms with Crippen LogP contribution >= 0.6 is 0 Å². The Morgan fingerprint density at radius 3 is 1.67 bits per heavy atom. The molecular formula is C48H29N3. The molecule has 0 atom stereocenters. The number of nitrogens with zero attached hydrogens (tertiary/aromatic N) is 3. The lowest BCUT2D eigenvalue weighted by atomic mass is 9.88. The molecule has 0 saturated carbocycles. The van der Waals surface area contributed by atoms with E-state index in [1.807, 2.05) is 0 Å². The van der Waals surface area contributed by atoms with Crippen molar-refractivity contribution < 1.29 is 0 Å². The minimum atomic E-state index is 0.734. The van der Waals surface area contributed by atoms with E-state index in [9.17, 15) is 0 Å². The van der Waals surface area contributed by atoms with Crippen molar-refractivity contribution in [2.75, 3.05) is 0 Å². The number of fused-ring (bicyclic) bond motifs is 6. The van der Waals surface area contributed by atoms with E-state index in [4.69, 9.17) is 9.97 Å². The van der Waals surface area contributed by atoms with E-state index in [0.717, 1.165) is 39.2 Å². The lowest BCUT2D eigenvalue weighted by molar-refractivity contribution is 1.18. The fourth-order valence-corrected chi connectivity index (χ4v) is 8.33. The third kappa shape index (κ3) is 4.12. The van der Waals surface area contributed by atoms with Gasteiger partial charge in [-0.25, -0.2) is 9.97 Å². The van der Waals surface area contributed by atoms with E-state index in [1.165, 1.54) is 65.3 Å². The third-order valence-electron chi connectivity index (χ3n) is 10.5. The summed E-state index contributed by atoms with van der Waals surface area (Å²) in [5.74, 6) is 0.734.